The Bertz CT molecular complexity index is 755. The molecule has 3 rings (SSSR count). The van der Waals surface area contributed by atoms with Crippen molar-refractivity contribution in [3.63, 3.8) is 0 Å². The van der Waals surface area contributed by atoms with Crippen LogP contribution in [0, 0.1) is 0 Å². The van der Waals surface area contributed by atoms with Gasteiger partial charge in [-0.1, -0.05) is 11.6 Å². The Morgan fingerprint density at radius 1 is 1.42 bits per heavy atom. The molecule has 7 nitrogen and oxygen atoms in total. The minimum absolute atomic E-state index is 0.0624. The van der Waals surface area contributed by atoms with E-state index < -0.39 is 5.60 Å². The lowest BCUT2D eigenvalue weighted by Crippen LogP contribution is -2.50. The van der Waals surface area contributed by atoms with Gasteiger partial charge in [0.2, 0.25) is 0 Å². The molecule has 2 atom stereocenters. The molecule has 1 aliphatic rings. The van der Waals surface area contributed by atoms with Crippen molar-refractivity contribution in [2.75, 3.05) is 13.2 Å². The molecule has 0 aliphatic carbocycles. The van der Waals surface area contributed by atoms with Crippen LogP contribution >= 0.6 is 11.6 Å². The lowest BCUT2D eigenvalue weighted by molar-refractivity contribution is -0.0698. The third-order valence-electron chi connectivity index (χ3n) is 3.79. The van der Waals surface area contributed by atoms with Gasteiger partial charge < -0.3 is 14.4 Å². The Kier molecular flexibility index (Phi) is 4.40. The summed E-state index contributed by atoms with van der Waals surface area (Å²) < 4.78 is 13.2. The Hall–Kier alpha value is -1.86. The van der Waals surface area contributed by atoms with Gasteiger partial charge in [-0.05, 0) is 27.7 Å². The van der Waals surface area contributed by atoms with Gasteiger partial charge in [0.05, 0.1) is 25.4 Å². The van der Waals surface area contributed by atoms with Crippen LogP contribution in [0.25, 0.3) is 5.52 Å². The standard InChI is InChI=1S/C16H21ClN4O3/c1-10-9-23-12(8-21(10)15(22)24-16(2,3)4)14-19-7-11-13(17)18-5-6-20(11)14/h5-7,10,12H,8-9H2,1-4H3/t10-,12+/m0/s1. The van der Waals surface area contributed by atoms with Gasteiger partial charge in [0.15, 0.2) is 5.15 Å². The average molecular weight is 353 g/mol. The second kappa shape index (κ2) is 6.22. The van der Waals surface area contributed by atoms with Crippen LogP contribution < -0.4 is 0 Å². The van der Waals surface area contributed by atoms with Crippen molar-refractivity contribution in [2.45, 2.75) is 45.4 Å². The smallest absolute Gasteiger partial charge is 0.410 e. The Labute approximate surface area is 145 Å². The van der Waals surface area contributed by atoms with E-state index in [4.69, 9.17) is 21.1 Å². The number of carbonyl (C=O) groups excluding carboxylic acids is 1. The number of halogens is 1. The zero-order valence-electron chi connectivity index (χ0n) is 14.2. The predicted octanol–water partition coefficient (Wildman–Crippen LogP) is 3.08. The molecule has 0 spiro atoms. The SMILES string of the molecule is C[C@H]1CO[C@@H](c2ncc3c(Cl)nccn23)CN1C(=O)OC(C)(C)C. The van der Waals surface area contributed by atoms with Gasteiger partial charge in [0, 0.05) is 12.4 Å². The molecule has 1 amide bonds. The summed E-state index contributed by atoms with van der Waals surface area (Å²) in [4.78, 5) is 22.6. The van der Waals surface area contributed by atoms with Crippen LogP contribution in [0.15, 0.2) is 18.6 Å². The number of ether oxygens (including phenoxy) is 2. The maximum Gasteiger partial charge on any atom is 0.410 e. The first kappa shape index (κ1) is 17.0. The number of rotatable bonds is 1. The van der Waals surface area contributed by atoms with Crippen LogP contribution in [-0.2, 0) is 9.47 Å². The van der Waals surface area contributed by atoms with E-state index in [0.29, 0.717) is 29.6 Å². The Balaban J connectivity index is 1.84. The van der Waals surface area contributed by atoms with Gasteiger partial charge in [-0.3, -0.25) is 4.40 Å². The largest absolute Gasteiger partial charge is 0.444 e. The van der Waals surface area contributed by atoms with Gasteiger partial charge in [0.1, 0.15) is 23.0 Å². The fraction of sp³-hybridized carbons (Fsp3) is 0.562. The van der Waals surface area contributed by atoms with E-state index in [2.05, 4.69) is 9.97 Å². The highest BCUT2D eigenvalue weighted by molar-refractivity contribution is 6.32. The molecular weight excluding hydrogens is 332 g/mol. The highest BCUT2D eigenvalue weighted by Crippen LogP contribution is 2.27. The summed E-state index contributed by atoms with van der Waals surface area (Å²) in [7, 11) is 0. The fourth-order valence-corrected chi connectivity index (χ4v) is 2.84. The maximum absolute atomic E-state index is 12.4. The lowest BCUT2D eigenvalue weighted by atomic mass is 10.2. The van der Waals surface area contributed by atoms with E-state index in [0.717, 1.165) is 0 Å². The topological polar surface area (TPSA) is 69.0 Å². The van der Waals surface area contributed by atoms with Crippen LogP contribution in [0.1, 0.15) is 39.6 Å². The number of imidazole rings is 1. The molecule has 24 heavy (non-hydrogen) atoms. The number of fused-ring (bicyclic) bond motifs is 1. The lowest BCUT2D eigenvalue weighted by Gasteiger charge is -2.38. The van der Waals surface area contributed by atoms with Crippen LogP contribution in [0.2, 0.25) is 5.15 Å². The van der Waals surface area contributed by atoms with Crippen molar-refractivity contribution < 1.29 is 14.3 Å². The average Bonchev–Trinajstić information content (AvgIpc) is 2.91. The molecule has 2 aromatic rings. The fourth-order valence-electron chi connectivity index (χ4n) is 2.64. The molecular formula is C16H21ClN4O3. The van der Waals surface area contributed by atoms with Gasteiger partial charge >= 0.3 is 6.09 Å². The zero-order valence-corrected chi connectivity index (χ0v) is 14.9. The number of hydrogen-bond donors (Lipinski definition) is 0. The van der Waals surface area contributed by atoms with Crippen molar-refractivity contribution >= 4 is 23.2 Å². The minimum Gasteiger partial charge on any atom is -0.444 e. The maximum atomic E-state index is 12.4. The summed E-state index contributed by atoms with van der Waals surface area (Å²) in [6.45, 7) is 8.27. The summed E-state index contributed by atoms with van der Waals surface area (Å²) in [6, 6.07) is -0.0624. The number of morpholine rings is 1. The molecule has 8 heteroatoms. The Morgan fingerprint density at radius 3 is 2.88 bits per heavy atom. The highest BCUT2D eigenvalue weighted by atomic mass is 35.5. The van der Waals surface area contributed by atoms with Crippen molar-refractivity contribution in [3.8, 4) is 0 Å². The first-order valence-corrected chi connectivity index (χ1v) is 8.23. The molecule has 1 saturated heterocycles. The molecule has 1 aliphatic heterocycles. The van der Waals surface area contributed by atoms with Gasteiger partial charge in [-0.2, -0.15) is 0 Å². The second-order valence-electron chi connectivity index (χ2n) is 6.89. The molecule has 2 aromatic heterocycles. The normalized spacial score (nSPS) is 22.0. The molecule has 0 N–H and O–H groups in total. The van der Waals surface area contributed by atoms with Gasteiger partial charge in [-0.15, -0.1) is 0 Å². The van der Waals surface area contributed by atoms with E-state index in [1.165, 1.54) is 0 Å². The number of hydrogen-bond acceptors (Lipinski definition) is 5. The third-order valence-corrected chi connectivity index (χ3v) is 4.08. The van der Waals surface area contributed by atoms with Crippen LogP contribution in [0.5, 0.6) is 0 Å². The number of aromatic nitrogens is 3. The summed E-state index contributed by atoms with van der Waals surface area (Å²) in [5.41, 5.74) is 0.171. The van der Waals surface area contributed by atoms with Gasteiger partial charge in [0.25, 0.3) is 0 Å². The second-order valence-corrected chi connectivity index (χ2v) is 7.25. The quantitative estimate of drug-likeness (QED) is 0.788. The minimum atomic E-state index is -0.538. The molecule has 1 fully saturated rings. The van der Waals surface area contributed by atoms with E-state index in [-0.39, 0.29) is 18.2 Å². The van der Waals surface area contributed by atoms with E-state index >= 15 is 0 Å². The third kappa shape index (κ3) is 3.32. The van der Waals surface area contributed by atoms with Crippen molar-refractivity contribution in [1.29, 1.82) is 0 Å². The molecule has 0 radical (unpaired) electrons. The number of carbonyl (C=O) groups is 1. The molecule has 0 unspecified atom stereocenters. The molecule has 0 saturated carbocycles. The molecule has 130 valence electrons. The summed E-state index contributed by atoms with van der Waals surface area (Å²) in [5, 5.41) is 0.379. The summed E-state index contributed by atoms with van der Waals surface area (Å²) in [5.74, 6) is 0.690. The van der Waals surface area contributed by atoms with Crippen molar-refractivity contribution in [2.24, 2.45) is 0 Å². The predicted molar refractivity (Wildman–Crippen MR) is 89.1 cm³/mol. The molecule has 3 heterocycles. The van der Waals surface area contributed by atoms with Crippen molar-refractivity contribution in [3.05, 3.63) is 29.6 Å². The summed E-state index contributed by atoms with van der Waals surface area (Å²) in [6.07, 6.45) is 4.35. The summed E-state index contributed by atoms with van der Waals surface area (Å²) >= 11 is 6.09. The first-order chi connectivity index (χ1) is 11.3. The van der Waals surface area contributed by atoms with E-state index in [9.17, 15) is 4.79 Å². The van der Waals surface area contributed by atoms with Crippen molar-refractivity contribution in [1.82, 2.24) is 19.3 Å². The molecule has 0 bridgehead atoms. The first-order valence-electron chi connectivity index (χ1n) is 7.85. The van der Waals surface area contributed by atoms with Gasteiger partial charge in [-0.25, -0.2) is 14.8 Å². The molecule has 0 aromatic carbocycles. The zero-order chi connectivity index (χ0) is 17.5. The van der Waals surface area contributed by atoms with Crippen LogP contribution in [-0.4, -0.2) is 50.2 Å². The van der Waals surface area contributed by atoms with E-state index in [1.807, 2.05) is 32.1 Å². The number of amides is 1. The van der Waals surface area contributed by atoms with Crippen LogP contribution in [0.3, 0.4) is 0 Å². The van der Waals surface area contributed by atoms with E-state index in [1.54, 1.807) is 23.5 Å². The highest BCUT2D eigenvalue weighted by Gasteiger charge is 2.35. The monoisotopic (exact) mass is 352 g/mol. The van der Waals surface area contributed by atoms with Crippen LogP contribution in [0.4, 0.5) is 4.79 Å². The number of nitrogens with zero attached hydrogens (tertiary/aromatic N) is 4. The Morgan fingerprint density at radius 2 is 2.17 bits per heavy atom.